The van der Waals surface area contributed by atoms with Gasteiger partial charge in [-0.3, -0.25) is 9.51 Å². The standard InChI is InChI=1S/C11H16N2O2/c1-10(8-12-9(14)15-13-8)7-11(10)5-3-2-4-6-11/h2-7H2,1H3,(H,12,13,14). The zero-order valence-corrected chi connectivity index (χ0v) is 9.01. The van der Waals surface area contributed by atoms with Crippen molar-refractivity contribution < 1.29 is 4.52 Å². The molecule has 0 bridgehead atoms. The summed E-state index contributed by atoms with van der Waals surface area (Å²) < 4.78 is 4.60. The number of aromatic nitrogens is 2. The fourth-order valence-electron chi connectivity index (χ4n) is 3.39. The molecule has 1 heterocycles. The summed E-state index contributed by atoms with van der Waals surface area (Å²) in [6.45, 7) is 2.20. The first kappa shape index (κ1) is 9.19. The monoisotopic (exact) mass is 208 g/mol. The third-order valence-corrected chi connectivity index (χ3v) is 4.51. The van der Waals surface area contributed by atoms with Gasteiger partial charge in [0.1, 0.15) is 0 Å². The molecular weight excluding hydrogens is 192 g/mol. The van der Waals surface area contributed by atoms with Gasteiger partial charge in [0, 0.05) is 5.41 Å². The van der Waals surface area contributed by atoms with Crippen LogP contribution >= 0.6 is 0 Å². The summed E-state index contributed by atoms with van der Waals surface area (Å²) in [6, 6.07) is 0. The highest BCUT2D eigenvalue weighted by Gasteiger charge is 2.66. The van der Waals surface area contributed by atoms with E-state index in [2.05, 4.69) is 21.6 Å². The van der Waals surface area contributed by atoms with E-state index >= 15 is 0 Å². The second-order valence-electron chi connectivity index (χ2n) is 5.29. The number of H-pyrrole nitrogens is 1. The molecule has 2 saturated carbocycles. The van der Waals surface area contributed by atoms with Crippen LogP contribution in [-0.4, -0.2) is 10.1 Å². The molecule has 0 aromatic carbocycles. The van der Waals surface area contributed by atoms with Gasteiger partial charge in [0.25, 0.3) is 0 Å². The molecule has 1 atom stereocenters. The van der Waals surface area contributed by atoms with Crippen LogP contribution in [0.1, 0.15) is 51.3 Å². The van der Waals surface area contributed by atoms with E-state index in [4.69, 9.17) is 0 Å². The summed E-state index contributed by atoms with van der Waals surface area (Å²) in [5, 5.41) is 3.86. The minimum Gasteiger partial charge on any atom is -0.296 e. The molecule has 3 rings (SSSR count). The largest absolute Gasteiger partial charge is 0.438 e. The second-order valence-corrected chi connectivity index (χ2v) is 5.29. The zero-order valence-electron chi connectivity index (χ0n) is 9.01. The maximum Gasteiger partial charge on any atom is 0.438 e. The Morgan fingerprint density at radius 3 is 2.67 bits per heavy atom. The Bertz CT molecular complexity index is 428. The molecule has 4 heteroatoms. The van der Waals surface area contributed by atoms with Gasteiger partial charge in [-0.2, -0.15) is 0 Å². The van der Waals surface area contributed by atoms with Gasteiger partial charge in [-0.15, -0.1) is 0 Å². The first-order valence-electron chi connectivity index (χ1n) is 5.73. The molecule has 1 unspecified atom stereocenters. The van der Waals surface area contributed by atoms with Crippen LogP contribution in [0.5, 0.6) is 0 Å². The Balaban J connectivity index is 1.91. The summed E-state index contributed by atoms with van der Waals surface area (Å²) in [5.41, 5.74) is 0.477. The highest BCUT2D eigenvalue weighted by molar-refractivity contribution is 5.27. The van der Waals surface area contributed by atoms with Crippen molar-refractivity contribution in [1.82, 2.24) is 10.1 Å². The van der Waals surface area contributed by atoms with Gasteiger partial charge in [0.2, 0.25) is 0 Å². The fourth-order valence-corrected chi connectivity index (χ4v) is 3.39. The van der Waals surface area contributed by atoms with E-state index in [1.165, 1.54) is 32.1 Å². The number of nitrogens with one attached hydrogen (secondary N) is 1. The SMILES string of the molecule is CC1(c2noc(=O)[nH]2)CC12CCCCC2. The van der Waals surface area contributed by atoms with E-state index in [1.807, 2.05) is 0 Å². The Kier molecular flexibility index (Phi) is 1.68. The summed E-state index contributed by atoms with van der Waals surface area (Å²) in [6.07, 6.45) is 7.70. The van der Waals surface area contributed by atoms with Gasteiger partial charge in [-0.25, -0.2) is 4.79 Å². The van der Waals surface area contributed by atoms with Crippen LogP contribution in [0.3, 0.4) is 0 Å². The lowest BCUT2D eigenvalue weighted by molar-refractivity contribution is 0.286. The number of nitrogens with zero attached hydrogens (tertiary/aromatic N) is 1. The van der Waals surface area contributed by atoms with Crippen LogP contribution in [0, 0.1) is 5.41 Å². The Labute approximate surface area is 88.1 Å². The molecule has 0 saturated heterocycles. The maximum absolute atomic E-state index is 11.0. The van der Waals surface area contributed by atoms with Gasteiger partial charge in [0.05, 0.1) is 0 Å². The van der Waals surface area contributed by atoms with Crippen molar-refractivity contribution in [2.75, 3.05) is 0 Å². The minimum atomic E-state index is -0.427. The summed E-state index contributed by atoms with van der Waals surface area (Å²) in [7, 11) is 0. The Morgan fingerprint density at radius 2 is 2.07 bits per heavy atom. The van der Waals surface area contributed by atoms with E-state index in [0.29, 0.717) is 5.41 Å². The smallest absolute Gasteiger partial charge is 0.296 e. The van der Waals surface area contributed by atoms with Gasteiger partial charge >= 0.3 is 5.76 Å². The molecule has 1 aromatic rings. The van der Waals surface area contributed by atoms with Gasteiger partial charge in [-0.05, 0) is 24.7 Å². The lowest BCUT2D eigenvalue weighted by Gasteiger charge is -2.25. The Hall–Kier alpha value is -1.06. The summed E-state index contributed by atoms with van der Waals surface area (Å²) >= 11 is 0. The lowest BCUT2D eigenvalue weighted by atomic mass is 9.80. The third-order valence-electron chi connectivity index (χ3n) is 4.51. The molecule has 0 radical (unpaired) electrons. The van der Waals surface area contributed by atoms with E-state index in [1.54, 1.807) is 0 Å². The molecule has 15 heavy (non-hydrogen) atoms. The van der Waals surface area contributed by atoms with E-state index in [0.717, 1.165) is 12.2 Å². The zero-order chi connectivity index (χ0) is 10.5. The summed E-state index contributed by atoms with van der Waals surface area (Å²) in [5.74, 6) is 0.332. The van der Waals surface area contributed by atoms with Crippen LogP contribution in [-0.2, 0) is 5.41 Å². The van der Waals surface area contributed by atoms with Crippen LogP contribution in [0.25, 0.3) is 0 Å². The maximum atomic E-state index is 11.0. The number of rotatable bonds is 1. The quantitative estimate of drug-likeness (QED) is 0.767. The third kappa shape index (κ3) is 1.13. The Morgan fingerprint density at radius 1 is 1.33 bits per heavy atom. The van der Waals surface area contributed by atoms with Crippen molar-refractivity contribution in [2.24, 2.45) is 5.41 Å². The molecule has 4 nitrogen and oxygen atoms in total. The molecule has 1 spiro atoms. The average molecular weight is 208 g/mol. The highest BCUT2D eigenvalue weighted by atomic mass is 16.5. The summed E-state index contributed by atoms with van der Waals surface area (Å²) in [4.78, 5) is 13.7. The fraction of sp³-hybridized carbons (Fsp3) is 0.818. The van der Waals surface area contributed by atoms with Crippen molar-refractivity contribution in [3.05, 3.63) is 16.4 Å². The normalized spacial score (nSPS) is 33.1. The van der Waals surface area contributed by atoms with Crippen LogP contribution in [0.2, 0.25) is 0 Å². The predicted octanol–water partition coefficient (Wildman–Crippen LogP) is 1.97. The number of hydrogen-bond acceptors (Lipinski definition) is 3. The van der Waals surface area contributed by atoms with Crippen LogP contribution < -0.4 is 5.76 Å². The van der Waals surface area contributed by atoms with Gasteiger partial charge in [-0.1, -0.05) is 31.3 Å². The molecule has 82 valence electrons. The molecule has 2 aliphatic carbocycles. The number of aromatic amines is 1. The first-order chi connectivity index (χ1) is 7.16. The topological polar surface area (TPSA) is 58.9 Å². The van der Waals surface area contributed by atoms with Crippen LogP contribution in [0.15, 0.2) is 9.32 Å². The number of hydrogen-bond donors (Lipinski definition) is 1. The van der Waals surface area contributed by atoms with Crippen molar-refractivity contribution in [3.8, 4) is 0 Å². The molecule has 0 amide bonds. The van der Waals surface area contributed by atoms with Crippen molar-refractivity contribution in [1.29, 1.82) is 0 Å². The van der Waals surface area contributed by atoms with E-state index in [9.17, 15) is 4.79 Å². The van der Waals surface area contributed by atoms with Crippen molar-refractivity contribution in [2.45, 2.75) is 50.9 Å². The molecule has 1 N–H and O–H groups in total. The molecule has 0 aliphatic heterocycles. The van der Waals surface area contributed by atoms with Crippen LogP contribution in [0.4, 0.5) is 0 Å². The molecular formula is C11H16N2O2. The minimum absolute atomic E-state index is 0.0690. The molecule has 1 aromatic heterocycles. The lowest BCUT2D eigenvalue weighted by Crippen LogP contribution is -2.20. The van der Waals surface area contributed by atoms with Crippen molar-refractivity contribution >= 4 is 0 Å². The molecule has 2 fully saturated rings. The predicted molar refractivity (Wildman–Crippen MR) is 54.6 cm³/mol. The van der Waals surface area contributed by atoms with E-state index in [-0.39, 0.29) is 5.41 Å². The second kappa shape index (κ2) is 2.74. The molecule has 2 aliphatic rings. The van der Waals surface area contributed by atoms with Crippen molar-refractivity contribution in [3.63, 3.8) is 0 Å². The first-order valence-corrected chi connectivity index (χ1v) is 5.73. The average Bonchev–Trinajstić information content (AvgIpc) is 2.62. The van der Waals surface area contributed by atoms with Gasteiger partial charge in [0.15, 0.2) is 5.82 Å². The highest BCUT2D eigenvalue weighted by Crippen LogP contribution is 2.69. The van der Waals surface area contributed by atoms with Gasteiger partial charge < -0.3 is 0 Å². The van der Waals surface area contributed by atoms with E-state index < -0.39 is 5.76 Å².